The van der Waals surface area contributed by atoms with Crippen molar-refractivity contribution < 1.29 is 18.7 Å². The Morgan fingerprint density at radius 2 is 2.17 bits per heavy atom. The van der Waals surface area contributed by atoms with E-state index in [2.05, 4.69) is 0 Å². The molecule has 0 radical (unpaired) electrons. The van der Waals surface area contributed by atoms with Gasteiger partial charge in [0.05, 0.1) is 5.92 Å². The molecule has 2 rings (SSSR count). The number of halogens is 2. The summed E-state index contributed by atoms with van der Waals surface area (Å²) in [4.78, 5) is 12.8. The summed E-state index contributed by atoms with van der Waals surface area (Å²) >= 11 is 0. The topological polar surface area (TPSA) is 40.5 Å². The molecule has 0 amide bonds. The molecule has 0 aromatic heterocycles. The second kappa shape index (κ2) is 5.02. The Morgan fingerprint density at radius 1 is 1.44 bits per heavy atom. The van der Waals surface area contributed by atoms with Gasteiger partial charge in [-0.1, -0.05) is 19.1 Å². The molecule has 2 unspecified atom stereocenters. The Kier molecular flexibility index (Phi) is 3.61. The molecule has 1 aliphatic rings. The van der Waals surface area contributed by atoms with E-state index in [1.165, 1.54) is 12.1 Å². The first kappa shape index (κ1) is 13.0. The summed E-state index contributed by atoms with van der Waals surface area (Å²) < 4.78 is 26.5. The van der Waals surface area contributed by atoms with Crippen LogP contribution in [0.3, 0.4) is 0 Å². The summed E-state index contributed by atoms with van der Waals surface area (Å²) in [7, 11) is 0. The van der Waals surface area contributed by atoms with Crippen LogP contribution in [0.5, 0.6) is 0 Å². The zero-order chi connectivity index (χ0) is 13.3. The second-order valence-electron chi connectivity index (χ2n) is 4.83. The number of rotatable bonds is 3. The largest absolute Gasteiger partial charge is 0.481 e. The monoisotopic (exact) mass is 255 g/mol. The van der Waals surface area contributed by atoms with Gasteiger partial charge < -0.3 is 5.11 Å². The summed E-state index contributed by atoms with van der Waals surface area (Å²) in [5, 5.41) is 9.01. The number of aliphatic carboxylic acids is 1. The number of hydrogen-bond donors (Lipinski definition) is 1. The SMILES string of the molecule is CC1CN(Cc2cccc(F)c2F)CC1C(=O)O. The Bertz CT molecular complexity index is 464. The zero-order valence-electron chi connectivity index (χ0n) is 10.1. The van der Waals surface area contributed by atoms with E-state index in [0.717, 1.165) is 6.07 Å². The van der Waals surface area contributed by atoms with Crippen LogP contribution in [0.15, 0.2) is 18.2 Å². The molecule has 1 saturated heterocycles. The second-order valence-corrected chi connectivity index (χ2v) is 4.83. The van der Waals surface area contributed by atoms with Crippen molar-refractivity contribution >= 4 is 5.97 Å². The van der Waals surface area contributed by atoms with Crippen LogP contribution in [0, 0.1) is 23.5 Å². The van der Waals surface area contributed by atoms with Gasteiger partial charge in [0.2, 0.25) is 0 Å². The Balaban J connectivity index is 2.07. The first-order chi connectivity index (χ1) is 8.49. The number of nitrogens with zero attached hydrogens (tertiary/aromatic N) is 1. The van der Waals surface area contributed by atoms with Gasteiger partial charge in [0.25, 0.3) is 0 Å². The molecule has 1 aliphatic heterocycles. The van der Waals surface area contributed by atoms with Crippen LogP contribution in [0.2, 0.25) is 0 Å². The molecule has 1 fully saturated rings. The van der Waals surface area contributed by atoms with Gasteiger partial charge in [-0.25, -0.2) is 8.78 Å². The van der Waals surface area contributed by atoms with Gasteiger partial charge in [0.15, 0.2) is 11.6 Å². The van der Waals surface area contributed by atoms with E-state index in [1.807, 2.05) is 11.8 Å². The molecule has 1 aromatic rings. The van der Waals surface area contributed by atoms with Gasteiger partial charge in [-0.05, 0) is 12.0 Å². The lowest BCUT2D eigenvalue weighted by atomic mass is 9.99. The van der Waals surface area contributed by atoms with Gasteiger partial charge in [0.1, 0.15) is 0 Å². The van der Waals surface area contributed by atoms with Crippen LogP contribution in [0.4, 0.5) is 8.78 Å². The highest BCUT2D eigenvalue weighted by atomic mass is 19.2. The number of carboxylic acid groups (broad SMARTS) is 1. The maximum atomic E-state index is 13.5. The third-order valence-electron chi connectivity index (χ3n) is 3.43. The van der Waals surface area contributed by atoms with Crippen LogP contribution in [-0.4, -0.2) is 29.1 Å². The van der Waals surface area contributed by atoms with E-state index < -0.39 is 23.5 Å². The van der Waals surface area contributed by atoms with Crippen LogP contribution >= 0.6 is 0 Å². The van der Waals surface area contributed by atoms with Crippen molar-refractivity contribution in [3.63, 3.8) is 0 Å². The van der Waals surface area contributed by atoms with Crippen molar-refractivity contribution in [2.24, 2.45) is 11.8 Å². The summed E-state index contributed by atoms with van der Waals surface area (Å²) in [6, 6.07) is 4.06. The first-order valence-electron chi connectivity index (χ1n) is 5.87. The fraction of sp³-hybridized carbons (Fsp3) is 0.462. The number of carbonyl (C=O) groups is 1. The summed E-state index contributed by atoms with van der Waals surface area (Å²) in [5.74, 6) is -2.94. The molecule has 0 saturated carbocycles. The minimum atomic E-state index is -0.866. The average molecular weight is 255 g/mol. The summed E-state index contributed by atoms with van der Waals surface area (Å²) in [6.07, 6.45) is 0. The first-order valence-corrected chi connectivity index (χ1v) is 5.87. The number of hydrogen-bond acceptors (Lipinski definition) is 2. The fourth-order valence-electron chi connectivity index (χ4n) is 2.43. The molecular formula is C13H15F2NO2. The number of carboxylic acids is 1. The van der Waals surface area contributed by atoms with E-state index >= 15 is 0 Å². The Labute approximate surface area is 104 Å². The predicted molar refractivity (Wildman–Crippen MR) is 61.9 cm³/mol. The molecule has 0 aliphatic carbocycles. The highest BCUT2D eigenvalue weighted by molar-refractivity contribution is 5.71. The highest BCUT2D eigenvalue weighted by Gasteiger charge is 2.34. The minimum Gasteiger partial charge on any atom is -0.481 e. The minimum absolute atomic E-state index is 0.0270. The standard InChI is InChI=1S/C13H15F2NO2/c1-8-5-16(7-10(8)13(17)18)6-9-3-2-4-11(14)12(9)15/h2-4,8,10H,5-7H2,1H3,(H,17,18). The molecule has 98 valence electrons. The van der Waals surface area contributed by atoms with Crippen molar-refractivity contribution in [1.82, 2.24) is 4.90 Å². The smallest absolute Gasteiger partial charge is 0.308 e. The van der Waals surface area contributed by atoms with Gasteiger partial charge in [-0.15, -0.1) is 0 Å². The third kappa shape index (κ3) is 2.51. The van der Waals surface area contributed by atoms with E-state index in [1.54, 1.807) is 0 Å². The molecule has 1 aromatic carbocycles. The van der Waals surface area contributed by atoms with Crippen molar-refractivity contribution in [3.05, 3.63) is 35.4 Å². The predicted octanol–water partition coefficient (Wildman–Crippen LogP) is 2.12. The number of benzene rings is 1. The molecule has 3 nitrogen and oxygen atoms in total. The Hall–Kier alpha value is -1.49. The highest BCUT2D eigenvalue weighted by Crippen LogP contribution is 2.25. The zero-order valence-corrected chi connectivity index (χ0v) is 10.1. The van der Waals surface area contributed by atoms with Gasteiger partial charge in [0, 0.05) is 25.2 Å². The van der Waals surface area contributed by atoms with Crippen LogP contribution in [-0.2, 0) is 11.3 Å². The van der Waals surface area contributed by atoms with E-state index in [4.69, 9.17) is 5.11 Å². The quantitative estimate of drug-likeness (QED) is 0.899. The molecule has 0 bridgehead atoms. The van der Waals surface area contributed by atoms with Gasteiger partial charge in [-0.2, -0.15) is 0 Å². The fourth-order valence-corrected chi connectivity index (χ4v) is 2.43. The van der Waals surface area contributed by atoms with E-state index in [-0.39, 0.29) is 18.0 Å². The lowest BCUT2D eigenvalue weighted by Gasteiger charge is -2.15. The van der Waals surface area contributed by atoms with Gasteiger partial charge >= 0.3 is 5.97 Å². The molecular weight excluding hydrogens is 240 g/mol. The van der Waals surface area contributed by atoms with E-state index in [0.29, 0.717) is 13.1 Å². The molecule has 1 N–H and O–H groups in total. The maximum Gasteiger partial charge on any atom is 0.308 e. The summed E-state index contributed by atoms with van der Waals surface area (Å²) in [6.45, 7) is 3.08. The van der Waals surface area contributed by atoms with Crippen molar-refractivity contribution in [1.29, 1.82) is 0 Å². The maximum absolute atomic E-state index is 13.5. The number of likely N-dealkylation sites (tertiary alicyclic amines) is 1. The lowest BCUT2D eigenvalue weighted by Crippen LogP contribution is -2.23. The van der Waals surface area contributed by atoms with Crippen molar-refractivity contribution in [2.45, 2.75) is 13.5 Å². The van der Waals surface area contributed by atoms with Crippen LogP contribution in [0.1, 0.15) is 12.5 Å². The third-order valence-corrected chi connectivity index (χ3v) is 3.43. The lowest BCUT2D eigenvalue weighted by molar-refractivity contribution is -0.142. The van der Waals surface area contributed by atoms with Crippen molar-refractivity contribution in [3.8, 4) is 0 Å². The molecule has 18 heavy (non-hydrogen) atoms. The van der Waals surface area contributed by atoms with Crippen LogP contribution in [0.25, 0.3) is 0 Å². The summed E-state index contributed by atoms with van der Waals surface area (Å²) in [5.41, 5.74) is 0.272. The van der Waals surface area contributed by atoms with Crippen molar-refractivity contribution in [2.75, 3.05) is 13.1 Å². The van der Waals surface area contributed by atoms with Crippen LogP contribution < -0.4 is 0 Å². The molecule has 1 heterocycles. The molecule has 2 atom stereocenters. The normalized spacial score (nSPS) is 24.4. The van der Waals surface area contributed by atoms with E-state index in [9.17, 15) is 13.6 Å². The van der Waals surface area contributed by atoms with Gasteiger partial charge in [-0.3, -0.25) is 9.69 Å². The average Bonchev–Trinajstić information content (AvgIpc) is 2.66. The molecule has 5 heteroatoms. The molecule has 0 spiro atoms. The Morgan fingerprint density at radius 3 is 2.78 bits per heavy atom.